The van der Waals surface area contributed by atoms with E-state index in [1.54, 1.807) is 0 Å². The summed E-state index contributed by atoms with van der Waals surface area (Å²) in [5, 5.41) is 27.2. The van der Waals surface area contributed by atoms with Crippen molar-refractivity contribution in [3.8, 4) is 0 Å². The molecular formula is C36H51N3O8. The van der Waals surface area contributed by atoms with E-state index in [1.165, 1.54) is 0 Å². The lowest BCUT2D eigenvalue weighted by atomic mass is 9.80. The quantitative estimate of drug-likeness (QED) is 0.176. The Hall–Kier alpha value is -4.12. The molecule has 0 radical (unpaired) electrons. The zero-order valence-corrected chi connectivity index (χ0v) is 27.5. The van der Waals surface area contributed by atoms with Gasteiger partial charge in [0.25, 0.3) is 0 Å². The van der Waals surface area contributed by atoms with Crippen LogP contribution in [0.15, 0.2) is 60.7 Å². The minimum absolute atomic E-state index is 0.0970. The molecule has 4 rings (SSSR count). The fourth-order valence-corrected chi connectivity index (χ4v) is 6.00. The predicted molar refractivity (Wildman–Crippen MR) is 177 cm³/mol. The van der Waals surface area contributed by atoms with Gasteiger partial charge in [-0.1, -0.05) is 119 Å². The Morgan fingerprint density at radius 2 is 1.17 bits per heavy atom. The molecule has 2 saturated carbocycles. The minimum Gasteiger partial charge on any atom is -0.480 e. The lowest BCUT2D eigenvalue weighted by molar-refractivity contribution is -0.146. The number of carboxylic acid groups (broad SMARTS) is 1. The number of benzene rings is 2. The van der Waals surface area contributed by atoms with E-state index in [1.807, 2.05) is 60.7 Å². The Bertz CT molecular complexity index is 1250. The number of ether oxygens (including phenoxy) is 2. The van der Waals surface area contributed by atoms with Crippen molar-refractivity contribution in [1.29, 1.82) is 0 Å². The summed E-state index contributed by atoms with van der Waals surface area (Å²) in [6, 6.07) is 18.5. The summed E-state index contributed by atoms with van der Waals surface area (Å²) >= 11 is 0. The molecule has 0 saturated heterocycles. The van der Waals surface area contributed by atoms with E-state index in [4.69, 9.17) is 9.47 Å². The average Bonchev–Trinajstić information content (AvgIpc) is 3.10. The molecule has 3 amide bonds. The van der Waals surface area contributed by atoms with Gasteiger partial charge >= 0.3 is 18.2 Å². The first-order chi connectivity index (χ1) is 22.7. The van der Waals surface area contributed by atoms with Crippen LogP contribution in [0, 0.1) is 0 Å². The minimum atomic E-state index is -1.16. The van der Waals surface area contributed by atoms with Crippen LogP contribution in [0.5, 0.6) is 0 Å². The number of hydrogen-bond acceptors (Lipinski definition) is 7. The van der Waals surface area contributed by atoms with Crippen LogP contribution in [0.3, 0.4) is 0 Å². The van der Waals surface area contributed by atoms with Crippen molar-refractivity contribution in [2.45, 2.75) is 121 Å². The van der Waals surface area contributed by atoms with Gasteiger partial charge in [-0.25, -0.2) is 14.4 Å². The van der Waals surface area contributed by atoms with Crippen LogP contribution >= 0.6 is 0 Å². The Labute approximate surface area is 277 Å². The molecule has 2 aliphatic carbocycles. The summed E-state index contributed by atoms with van der Waals surface area (Å²) in [6.45, 7) is 2.28. The molecule has 5 N–H and O–H groups in total. The van der Waals surface area contributed by atoms with Gasteiger partial charge in [0, 0.05) is 0 Å². The molecule has 2 aromatic carbocycles. The molecule has 1 atom stereocenters. The van der Waals surface area contributed by atoms with Crippen LogP contribution in [-0.4, -0.2) is 58.0 Å². The second kappa shape index (κ2) is 19.5. The molecule has 0 spiro atoms. The van der Waals surface area contributed by atoms with Gasteiger partial charge in [-0.2, -0.15) is 0 Å². The van der Waals surface area contributed by atoms with E-state index in [0.29, 0.717) is 25.7 Å². The first kappa shape index (κ1) is 37.3. The fourth-order valence-electron chi connectivity index (χ4n) is 6.00. The maximum absolute atomic E-state index is 13.0. The summed E-state index contributed by atoms with van der Waals surface area (Å²) in [6.07, 6.45) is 8.96. The van der Waals surface area contributed by atoms with Crippen LogP contribution in [-0.2, 0) is 32.3 Å². The lowest BCUT2D eigenvalue weighted by Gasteiger charge is -2.37. The van der Waals surface area contributed by atoms with Crippen LogP contribution in [0.25, 0.3) is 0 Å². The highest BCUT2D eigenvalue weighted by Crippen LogP contribution is 2.30. The van der Waals surface area contributed by atoms with Crippen molar-refractivity contribution in [3.05, 3.63) is 71.8 Å². The number of aliphatic carboxylic acids is 1. The Morgan fingerprint density at radius 3 is 1.60 bits per heavy atom. The summed E-state index contributed by atoms with van der Waals surface area (Å²) in [5.74, 6) is -1.19. The molecule has 0 aromatic heterocycles. The Kier molecular flexibility index (Phi) is 15.5. The van der Waals surface area contributed by atoms with Crippen molar-refractivity contribution in [3.63, 3.8) is 0 Å². The average molecular weight is 654 g/mol. The second-order valence-corrected chi connectivity index (χ2v) is 12.5. The van der Waals surface area contributed by atoms with Gasteiger partial charge in [0.1, 0.15) is 24.3 Å². The van der Waals surface area contributed by atoms with E-state index >= 15 is 0 Å². The summed E-state index contributed by atoms with van der Waals surface area (Å²) in [7, 11) is 0. The first-order valence-corrected chi connectivity index (χ1v) is 16.8. The van der Waals surface area contributed by atoms with Crippen molar-refractivity contribution >= 4 is 24.1 Å². The number of carbonyl (C=O) groups is 4. The van der Waals surface area contributed by atoms with Crippen LogP contribution in [0.2, 0.25) is 0 Å². The van der Waals surface area contributed by atoms with Gasteiger partial charge in [0.05, 0.1) is 12.6 Å². The number of carboxylic acids is 1. The van der Waals surface area contributed by atoms with E-state index in [-0.39, 0.29) is 31.8 Å². The number of carbonyl (C=O) groups excluding carboxylic acids is 3. The van der Waals surface area contributed by atoms with E-state index in [2.05, 4.69) is 22.9 Å². The number of hydrogen-bond donors (Lipinski definition) is 5. The van der Waals surface area contributed by atoms with Crippen molar-refractivity contribution in [2.24, 2.45) is 0 Å². The number of unbranched alkanes of at least 4 members (excludes halogenated alkanes) is 1. The van der Waals surface area contributed by atoms with E-state index in [9.17, 15) is 29.4 Å². The highest BCUT2D eigenvalue weighted by atomic mass is 16.6. The number of aliphatic hydroxyl groups is 1. The third kappa shape index (κ3) is 12.2. The Balaban J connectivity index is 0.000000267. The zero-order chi connectivity index (χ0) is 34.0. The summed E-state index contributed by atoms with van der Waals surface area (Å²) < 4.78 is 10.4. The van der Waals surface area contributed by atoms with Crippen LogP contribution < -0.4 is 16.0 Å². The molecule has 258 valence electrons. The van der Waals surface area contributed by atoms with Crippen molar-refractivity contribution in [1.82, 2.24) is 16.0 Å². The van der Waals surface area contributed by atoms with Crippen molar-refractivity contribution < 1.29 is 38.9 Å². The predicted octanol–water partition coefficient (Wildman–Crippen LogP) is 5.98. The van der Waals surface area contributed by atoms with Crippen LogP contribution in [0.4, 0.5) is 9.59 Å². The monoisotopic (exact) mass is 653 g/mol. The third-order valence-corrected chi connectivity index (χ3v) is 8.83. The molecular weight excluding hydrogens is 602 g/mol. The molecule has 0 bridgehead atoms. The second-order valence-electron chi connectivity index (χ2n) is 12.5. The number of alkyl carbamates (subject to hydrolysis) is 2. The molecule has 11 heteroatoms. The molecule has 2 fully saturated rings. The summed E-state index contributed by atoms with van der Waals surface area (Å²) in [4.78, 5) is 48.5. The number of aliphatic hydroxyl groups excluding tert-OH is 1. The van der Waals surface area contributed by atoms with Crippen molar-refractivity contribution in [2.75, 3.05) is 6.61 Å². The number of amides is 3. The summed E-state index contributed by atoms with van der Waals surface area (Å²) in [5.41, 5.74) is -0.345. The Morgan fingerprint density at radius 1 is 0.723 bits per heavy atom. The molecule has 47 heavy (non-hydrogen) atoms. The lowest BCUT2D eigenvalue weighted by Crippen LogP contribution is -2.61. The van der Waals surface area contributed by atoms with E-state index in [0.717, 1.165) is 68.9 Å². The van der Waals surface area contributed by atoms with Gasteiger partial charge < -0.3 is 35.6 Å². The maximum Gasteiger partial charge on any atom is 0.408 e. The largest absolute Gasteiger partial charge is 0.480 e. The highest BCUT2D eigenvalue weighted by Gasteiger charge is 2.42. The molecule has 0 unspecified atom stereocenters. The zero-order valence-electron chi connectivity index (χ0n) is 27.5. The standard InChI is InChI=1S/C21H32N2O4.C15H19NO4/c1-2-3-12-18(15-24)22-19(25)21(13-8-5-9-14-21)23-20(26)27-16-17-10-6-4-7-11-17;17-13(18)15(9-5-2-6-10-15)16-14(19)20-11-12-7-3-1-4-8-12/h4,6-7,10-11,18,24H,2-3,5,8-9,12-16H2,1H3,(H,22,25)(H,23,26);1,3-4,7-8H,2,5-6,9-11H2,(H,16,19)(H,17,18)/t18-;/m0./s1. The van der Waals surface area contributed by atoms with Crippen LogP contribution in [0.1, 0.15) is 102 Å². The molecule has 0 heterocycles. The molecule has 2 aromatic rings. The molecule has 11 nitrogen and oxygen atoms in total. The fraction of sp³-hybridized carbons (Fsp3) is 0.556. The normalized spacial score (nSPS) is 17.1. The van der Waals surface area contributed by atoms with Gasteiger partial charge in [-0.15, -0.1) is 0 Å². The maximum atomic E-state index is 13.0. The topological polar surface area (TPSA) is 163 Å². The van der Waals surface area contributed by atoms with E-state index < -0.39 is 29.2 Å². The number of nitrogens with one attached hydrogen (secondary N) is 3. The van der Waals surface area contributed by atoms with Gasteiger partial charge in [-0.3, -0.25) is 4.79 Å². The number of rotatable bonds is 13. The van der Waals surface area contributed by atoms with Gasteiger partial charge in [0.2, 0.25) is 5.91 Å². The molecule has 0 aliphatic heterocycles. The third-order valence-electron chi connectivity index (χ3n) is 8.83. The highest BCUT2D eigenvalue weighted by molar-refractivity contribution is 5.90. The van der Waals surface area contributed by atoms with Gasteiger partial charge in [0.15, 0.2) is 0 Å². The first-order valence-electron chi connectivity index (χ1n) is 16.8. The smallest absolute Gasteiger partial charge is 0.408 e. The van der Waals surface area contributed by atoms with Gasteiger partial charge in [-0.05, 0) is 43.2 Å². The molecule has 2 aliphatic rings. The SMILES string of the molecule is CCCC[C@@H](CO)NC(=O)C1(NC(=O)OCc2ccccc2)CCCCC1.O=C(NC1(C(=O)O)CCCCC1)OCc1ccccc1.